The summed E-state index contributed by atoms with van der Waals surface area (Å²) in [7, 11) is 0. The Bertz CT molecular complexity index is 209. The molecular formula is C13H27NO. The molecule has 2 nitrogen and oxygen atoms in total. The summed E-state index contributed by atoms with van der Waals surface area (Å²) < 4.78 is 0. The molecule has 1 heterocycles. The fraction of sp³-hybridized carbons (Fsp3) is 0.923. The number of carbonyl (C=O) groups excluding carboxylic acids is 1. The van der Waals surface area contributed by atoms with E-state index in [4.69, 9.17) is 0 Å². The summed E-state index contributed by atoms with van der Waals surface area (Å²) in [6.07, 6.45) is 1.13. The summed E-state index contributed by atoms with van der Waals surface area (Å²) in [4.78, 5) is 13.8. The quantitative estimate of drug-likeness (QED) is 0.654. The number of likely N-dealkylation sites (tertiary alicyclic amines) is 1. The summed E-state index contributed by atoms with van der Waals surface area (Å²) in [5.41, 5.74) is 0.296. The van der Waals surface area contributed by atoms with Gasteiger partial charge in [0.15, 0.2) is 0 Å². The van der Waals surface area contributed by atoms with Gasteiger partial charge in [-0.15, -0.1) is 0 Å². The highest BCUT2D eigenvalue weighted by molar-refractivity contribution is 5.78. The second-order valence-electron chi connectivity index (χ2n) is 5.10. The minimum Gasteiger partial charge on any atom is -0.339 e. The van der Waals surface area contributed by atoms with Gasteiger partial charge in [0.1, 0.15) is 0 Å². The predicted octanol–water partition coefficient (Wildman–Crippen LogP) is 3.32. The normalized spacial score (nSPS) is 23.7. The van der Waals surface area contributed by atoms with E-state index in [9.17, 15) is 4.79 Å². The van der Waals surface area contributed by atoms with Gasteiger partial charge in [-0.05, 0) is 18.8 Å². The van der Waals surface area contributed by atoms with Gasteiger partial charge in [0, 0.05) is 18.5 Å². The Morgan fingerprint density at radius 1 is 1.33 bits per heavy atom. The topological polar surface area (TPSA) is 20.3 Å². The molecule has 0 saturated carbocycles. The van der Waals surface area contributed by atoms with E-state index in [1.807, 2.05) is 32.6 Å². The molecule has 1 unspecified atom stereocenters. The average Bonchev–Trinajstić information content (AvgIpc) is 2.45. The highest BCUT2D eigenvalue weighted by atomic mass is 16.2. The number of amides is 1. The Labute approximate surface area is 95.0 Å². The highest BCUT2D eigenvalue weighted by Gasteiger charge is 2.39. The fourth-order valence-corrected chi connectivity index (χ4v) is 1.87. The van der Waals surface area contributed by atoms with Crippen molar-refractivity contribution in [3.05, 3.63) is 0 Å². The summed E-state index contributed by atoms with van der Waals surface area (Å²) in [5.74, 6) is 0.439. The van der Waals surface area contributed by atoms with Crippen LogP contribution in [0.15, 0.2) is 0 Å². The molecule has 1 amide bonds. The SMILES string of the molecule is CC.CC(C)C(=O)N1CCC(C)(C)C1C. The van der Waals surface area contributed by atoms with Crippen molar-refractivity contribution in [1.82, 2.24) is 4.90 Å². The molecule has 0 aliphatic carbocycles. The van der Waals surface area contributed by atoms with E-state index in [2.05, 4.69) is 20.8 Å². The number of nitrogens with zero attached hydrogens (tertiary/aromatic N) is 1. The Kier molecular flexibility index (Phi) is 5.33. The first-order valence-corrected chi connectivity index (χ1v) is 6.17. The summed E-state index contributed by atoms with van der Waals surface area (Å²) >= 11 is 0. The molecule has 1 saturated heterocycles. The van der Waals surface area contributed by atoms with Crippen LogP contribution in [0.2, 0.25) is 0 Å². The van der Waals surface area contributed by atoms with Gasteiger partial charge >= 0.3 is 0 Å². The maximum Gasteiger partial charge on any atom is 0.225 e. The molecule has 1 fully saturated rings. The van der Waals surface area contributed by atoms with Gasteiger partial charge in [0.25, 0.3) is 0 Å². The van der Waals surface area contributed by atoms with Gasteiger partial charge in [-0.1, -0.05) is 41.5 Å². The Morgan fingerprint density at radius 2 is 1.80 bits per heavy atom. The maximum atomic E-state index is 11.8. The molecule has 0 spiro atoms. The van der Waals surface area contributed by atoms with E-state index in [0.717, 1.165) is 13.0 Å². The van der Waals surface area contributed by atoms with Crippen LogP contribution in [-0.4, -0.2) is 23.4 Å². The zero-order valence-corrected chi connectivity index (χ0v) is 11.4. The highest BCUT2D eigenvalue weighted by Crippen LogP contribution is 2.36. The number of rotatable bonds is 1. The van der Waals surface area contributed by atoms with Crippen LogP contribution in [0.3, 0.4) is 0 Å². The molecule has 0 bridgehead atoms. The van der Waals surface area contributed by atoms with Gasteiger partial charge in [-0.2, -0.15) is 0 Å². The van der Waals surface area contributed by atoms with Crippen LogP contribution in [0.4, 0.5) is 0 Å². The molecule has 0 radical (unpaired) electrons. The van der Waals surface area contributed by atoms with Gasteiger partial charge < -0.3 is 4.90 Å². The van der Waals surface area contributed by atoms with Crippen molar-refractivity contribution in [2.45, 2.75) is 60.9 Å². The van der Waals surface area contributed by atoms with Crippen LogP contribution in [0.5, 0.6) is 0 Å². The lowest BCUT2D eigenvalue weighted by atomic mass is 9.86. The molecule has 2 heteroatoms. The van der Waals surface area contributed by atoms with Gasteiger partial charge in [-0.3, -0.25) is 4.79 Å². The van der Waals surface area contributed by atoms with Crippen molar-refractivity contribution >= 4 is 5.91 Å². The predicted molar refractivity (Wildman–Crippen MR) is 65.8 cm³/mol. The monoisotopic (exact) mass is 213 g/mol. The molecule has 1 aliphatic rings. The lowest BCUT2D eigenvalue weighted by molar-refractivity contribution is -0.135. The average molecular weight is 213 g/mol. The van der Waals surface area contributed by atoms with E-state index >= 15 is 0 Å². The second-order valence-corrected chi connectivity index (χ2v) is 5.10. The van der Waals surface area contributed by atoms with E-state index in [0.29, 0.717) is 17.4 Å². The first kappa shape index (κ1) is 14.5. The third-order valence-electron chi connectivity index (χ3n) is 3.37. The van der Waals surface area contributed by atoms with Crippen molar-refractivity contribution in [3.63, 3.8) is 0 Å². The van der Waals surface area contributed by atoms with Gasteiger partial charge in [-0.25, -0.2) is 0 Å². The van der Waals surface area contributed by atoms with Crippen LogP contribution >= 0.6 is 0 Å². The van der Waals surface area contributed by atoms with E-state index < -0.39 is 0 Å². The third-order valence-corrected chi connectivity index (χ3v) is 3.37. The Balaban J connectivity index is 0.000000921. The lowest BCUT2D eigenvalue weighted by Crippen LogP contribution is -2.40. The number of carbonyl (C=O) groups is 1. The summed E-state index contributed by atoms with van der Waals surface area (Å²) in [5, 5.41) is 0. The smallest absolute Gasteiger partial charge is 0.225 e. The molecule has 0 N–H and O–H groups in total. The minimum absolute atomic E-state index is 0.136. The molecule has 0 aromatic rings. The first-order chi connectivity index (χ1) is 6.86. The third kappa shape index (κ3) is 3.22. The first-order valence-electron chi connectivity index (χ1n) is 6.17. The maximum absolute atomic E-state index is 11.8. The van der Waals surface area contributed by atoms with Crippen molar-refractivity contribution in [2.24, 2.45) is 11.3 Å². The molecule has 1 aliphatic heterocycles. The van der Waals surface area contributed by atoms with E-state index in [1.165, 1.54) is 0 Å². The molecular weight excluding hydrogens is 186 g/mol. The van der Waals surface area contributed by atoms with Crippen LogP contribution in [0, 0.1) is 11.3 Å². The summed E-state index contributed by atoms with van der Waals surface area (Å²) in [6.45, 7) is 15.5. The van der Waals surface area contributed by atoms with Crippen molar-refractivity contribution in [2.75, 3.05) is 6.54 Å². The second kappa shape index (κ2) is 5.53. The number of hydrogen-bond acceptors (Lipinski definition) is 1. The van der Waals surface area contributed by atoms with Crippen LogP contribution in [0.1, 0.15) is 54.9 Å². The van der Waals surface area contributed by atoms with E-state index in [-0.39, 0.29) is 5.92 Å². The van der Waals surface area contributed by atoms with Crippen molar-refractivity contribution < 1.29 is 4.79 Å². The molecule has 1 rings (SSSR count). The molecule has 1 atom stereocenters. The van der Waals surface area contributed by atoms with Crippen LogP contribution in [-0.2, 0) is 4.79 Å². The van der Waals surface area contributed by atoms with Crippen LogP contribution < -0.4 is 0 Å². The fourth-order valence-electron chi connectivity index (χ4n) is 1.87. The van der Waals surface area contributed by atoms with Gasteiger partial charge in [0.2, 0.25) is 5.91 Å². The largest absolute Gasteiger partial charge is 0.339 e. The Hall–Kier alpha value is -0.530. The molecule has 0 aromatic heterocycles. The minimum atomic E-state index is 0.136. The van der Waals surface area contributed by atoms with Crippen LogP contribution in [0.25, 0.3) is 0 Å². The lowest BCUT2D eigenvalue weighted by Gasteiger charge is -2.30. The molecule has 90 valence electrons. The summed E-state index contributed by atoms with van der Waals surface area (Å²) in [6, 6.07) is 0.391. The van der Waals surface area contributed by atoms with E-state index in [1.54, 1.807) is 0 Å². The molecule has 15 heavy (non-hydrogen) atoms. The number of hydrogen-bond donors (Lipinski definition) is 0. The standard InChI is InChI=1S/C11H21NO.C2H6/c1-8(2)10(13)12-7-6-11(4,5)9(12)3;1-2/h8-9H,6-7H2,1-5H3;1-2H3. The zero-order chi connectivity index (χ0) is 12.2. The van der Waals surface area contributed by atoms with Crippen molar-refractivity contribution in [3.8, 4) is 0 Å². The molecule has 0 aromatic carbocycles. The zero-order valence-electron chi connectivity index (χ0n) is 11.4. The Morgan fingerprint density at radius 3 is 2.07 bits per heavy atom. The van der Waals surface area contributed by atoms with Crippen molar-refractivity contribution in [1.29, 1.82) is 0 Å². The van der Waals surface area contributed by atoms with Gasteiger partial charge in [0.05, 0.1) is 0 Å².